The third-order valence-electron chi connectivity index (χ3n) is 4.51. The summed E-state index contributed by atoms with van der Waals surface area (Å²) in [6.45, 7) is 5.24. The minimum atomic E-state index is 0.313. The lowest BCUT2D eigenvalue weighted by Crippen LogP contribution is -2.07. The molecule has 0 aromatic carbocycles. The van der Waals surface area contributed by atoms with Gasteiger partial charge in [-0.3, -0.25) is 4.99 Å². The van der Waals surface area contributed by atoms with Gasteiger partial charge in [0, 0.05) is 6.42 Å². The van der Waals surface area contributed by atoms with Crippen molar-refractivity contribution in [3.05, 3.63) is 12.2 Å². The van der Waals surface area contributed by atoms with Crippen molar-refractivity contribution >= 4 is 5.90 Å². The SMILES string of the molecule is CCCCCCCC/C=C\CCCCCCCC1=NC[C@H](C)O1. The van der Waals surface area contributed by atoms with Crippen LogP contribution < -0.4 is 0 Å². The Morgan fingerprint density at radius 3 is 2.00 bits per heavy atom. The average Bonchev–Trinajstić information content (AvgIpc) is 2.96. The first-order chi connectivity index (χ1) is 11.3. The van der Waals surface area contributed by atoms with Crippen molar-refractivity contribution in [2.45, 2.75) is 110 Å². The summed E-state index contributed by atoms with van der Waals surface area (Å²) in [6.07, 6.45) is 23.7. The zero-order valence-electron chi connectivity index (χ0n) is 15.7. The lowest BCUT2D eigenvalue weighted by Gasteiger charge is -2.05. The summed E-state index contributed by atoms with van der Waals surface area (Å²) < 4.78 is 5.62. The van der Waals surface area contributed by atoms with Crippen molar-refractivity contribution < 1.29 is 4.74 Å². The van der Waals surface area contributed by atoms with Gasteiger partial charge in [-0.1, -0.05) is 70.4 Å². The van der Waals surface area contributed by atoms with E-state index in [1.807, 2.05) is 0 Å². The van der Waals surface area contributed by atoms with Crippen LogP contribution in [-0.2, 0) is 4.74 Å². The molecule has 0 saturated heterocycles. The molecule has 2 heteroatoms. The van der Waals surface area contributed by atoms with Crippen molar-refractivity contribution in [2.24, 2.45) is 4.99 Å². The summed E-state index contributed by atoms with van der Waals surface area (Å²) in [4.78, 5) is 4.41. The Morgan fingerprint density at radius 1 is 0.870 bits per heavy atom. The Kier molecular flexibility index (Phi) is 13.0. The highest BCUT2D eigenvalue weighted by Crippen LogP contribution is 2.13. The molecule has 2 nitrogen and oxygen atoms in total. The maximum atomic E-state index is 5.62. The van der Waals surface area contributed by atoms with Crippen LogP contribution in [0.5, 0.6) is 0 Å². The van der Waals surface area contributed by atoms with E-state index >= 15 is 0 Å². The highest BCUT2D eigenvalue weighted by atomic mass is 16.5. The Bertz CT molecular complexity index is 322. The predicted molar refractivity (Wildman–Crippen MR) is 102 cm³/mol. The first kappa shape index (κ1) is 20.3. The number of hydrogen-bond acceptors (Lipinski definition) is 2. The molecule has 0 aromatic heterocycles. The Balaban J connectivity index is 1.75. The molecule has 23 heavy (non-hydrogen) atoms. The van der Waals surface area contributed by atoms with Crippen LogP contribution >= 0.6 is 0 Å². The number of allylic oxidation sites excluding steroid dienone is 2. The van der Waals surface area contributed by atoms with E-state index in [0.717, 1.165) is 18.9 Å². The first-order valence-corrected chi connectivity index (χ1v) is 10.2. The highest BCUT2D eigenvalue weighted by Gasteiger charge is 2.13. The van der Waals surface area contributed by atoms with E-state index in [-0.39, 0.29) is 0 Å². The molecule has 0 saturated carbocycles. The molecule has 1 aliphatic rings. The molecule has 0 fully saturated rings. The van der Waals surface area contributed by atoms with E-state index < -0.39 is 0 Å². The van der Waals surface area contributed by atoms with Crippen molar-refractivity contribution in [3.8, 4) is 0 Å². The van der Waals surface area contributed by atoms with Crippen LogP contribution in [0.25, 0.3) is 0 Å². The van der Waals surface area contributed by atoms with Crippen LogP contribution in [0.3, 0.4) is 0 Å². The van der Waals surface area contributed by atoms with Crippen molar-refractivity contribution in [2.75, 3.05) is 6.54 Å². The average molecular weight is 322 g/mol. The van der Waals surface area contributed by atoms with Crippen LogP contribution in [-0.4, -0.2) is 18.5 Å². The third-order valence-corrected chi connectivity index (χ3v) is 4.51. The molecule has 0 amide bonds. The van der Waals surface area contributed by atoms with Crippen LogP contribution in [0.1, 0.15) is 104 Å². The van der Waals surface area contributed by atoms with Gasteiger partial charge in [-0.2, -0.15) is 0 Å². The van der Waals surface area contributed by atoms with Gasteiger partial charge in [0.15, 0.2) is 5.90 Å². The number of rotatable bonds is 15. The van der Waals surface area contributed by atoms with Gasteiger partial charge in [0.1, 0.15) is 6.10 Å². The van der Waals surface area contributed by atoms with Crippen LogP contribution in [0.2, 0.25) is 0 Å². The van der Waals surface area contributed by atoms with E-state index in [4.69, 9.17) is 4.74 Å². The summed E-state index contributed by atoms with van der Waals surface area (Å²) in [7, 11) is 0. The number of nitrogens with zero attached hydrogens (tertiary/aromatic N) is 1. The molecule has 0 spiro atoms. The van der Waals surface area contributed by atoms with Crippen LogP contribution in [0.15, 0.2) is 17.1 Å². The molecule has 1 atom stereocenters. The molecule has 0 unspecified atom stereocenters. The fourth-order valence-electron chi connectivity index (χ4n) is 3.02. The molecule has 1 rings (SSSR count). The van der Waals surface area contributed by atoms with Gasteiger partial charge in [-0.25, -0.2) is 0 Å². The number of unbranched alkanes of at least 4 members (excludes halogenated alkanes) is 11. The molecule has 0 aliphatic carbocycles. The second-order valence-electron chi connectivity index (χ2n) is 7.00. The summed E-state index contributed by atoms with van der Waals surface area (Å²) in [5, 5.41) is 0. The predicted octanol–water partition coefficient (Wildman–Crippen LogP) is 6.84. The van der Waals surface area contributed by atoms with Gasteiger partial charge in [-0.15, -0.1) is 0 Å². The molecule has 0 aromatic rings. The number of aliphatic imine (C=N–C) groups is 1. The zero-order valence-corrected chi connectivity index (χ0v) is 15.7. The third kappa shape index (κ3) is 12.3. The molecular formula is C21H39NO. The quantitative estimate of drug-likeness (QED) is 0.239. The Labute approximate surface area is 144 Å². The van der Waals surface area contributed by atoms with E-state index in [1.54, 1.807) is 0 Å². The highest BCUT2D eigenvalue weighted by molar-refractivity contribution is 5.77. The summed E-state index contributed by atoms with van der Waals surface area (Å²) in [6, 6.07) is 0. The first-order valence-electron chi connectivity index (χ1n) is 10.2. The Hall–Kier alpha value is -0.790. The van der Waals surface area contributed by atoms with E-state index in [2.05, 4.69) is 31.0 Å². The smallest absolute Gasteiger partial charge is 0.183 e. The van der Waals surface area contributed by atoms with Crippen molar-refractivity contribution in [1.82, 2.24) is 0 Å². The monoisotopic (exact) mass is 321 g/mol. The fourth-order valence-corrected chi connectivity index (χ4v) is 3.02. The summed E-state index contributed by atoms with van der Waals surface area (Å²) in [5.74, 6) is 0.995. The largest absolute Gasteiger partial charge is 0.476 e. The number of hydrogen-bond donors (Lipinski definition) is 0. The molecule has 1 aliphatic heterocycles. The van der Waals surface area contributed by atoms with Crippen LogP contribution in [0.4, 0.5) is 0 Å². The van der Waals surface area contributed by atoms with Gasteiger partial charge < -0.3 is 4.74 Å². The zero-order chi connectivity index (χ0) is 16.6. The standard InChI is InChI=1S/C21H39NO/c1-3-4-5-6-7-8-9-10-11-12-13-14-15-16-17-18-21-22-19-20(2)23-21/h10-11,20H,3-9,12-19H2,1-2H3/b11-10-/t20-/m0/s1. The molecule has 0 radical (unpaired) electrons. The Morgan fingerprint density at radius 2 is 1.43 bits per heavy atom. The number of ether oxygens (including phenoxy) is 1. The van der Waals surface area contributed by atoms with Crippen molar-refractivity contribution in [1.29, 1.82) is 0 Å². The molecular weight excluding hydrogens is 282 g/mol. The van der Waals surface area contributed by atoms with E-state index in [0.29, 0.717) is 6.10 Å². The van der Waals surface area contributed by atoms with E-state index in [1.165, 1.54) is 83.5 Å². The second kappa shape index (κ2) is 14.8. The minimum absolute atomic E-state index is 0.313. The van der Waals surface area contributed by atoms with Gasteiger partial charge >= 0.3 is 0 Å². The minimum Gasteiger partial charge on any atom is -0.476 e. The summed E-state index contributed by atoms with van der Waals surface area (Å²) in [5.41, 5.74) is 0. The van der Waals surface area contributed by atoms with Crippen LogP contribution in [0, 0.1) is 0 Å². The second-order valence-corrected chi connectivity index (χ2v) is 7.00. The molecule has 0 bridgehead atoms. The van der Waals surface area contributed by atoms with Gasteiger partial charge in [0.25, 0.3) is 0 Å². The van der Waals surface area contributed by atoms with Gasteiger partial charge in [0.05, 0.1) is 6.54 Å². The van der Waals surface area contributed by atoms with E-state index in [9.17, 15) is 0 Å². The van der Waals surface area contributed by atoms with Gasteiger partial charge in [0.2, 0.25) is 0 Å². The lowest BCUT2D eigenvalue weighted by molar-refractivity contribution is 0.238. The molecule has 0 N–H and O–H groups in total. The summed E-state index contributed by atoms with van der Waals surface area (Å²) >= 11 is 0. The lowest BCUT2D eigenvalue weighted by atomic mass is 10.1. The van der Waals surface area contributed by atoms with Crippen molar-refractivity contribution in [3.63, 3.8) is 0 Å². The molecule has 1 heterocycles. The fraction of sp³-hybridized carbons (Fsp3) is 0.857. The topological polar surface area (TPSA) is 21.6 Å². The maximum Gasteiger partial charge on any atom is 0.183 e. The van der Waals surface area contributed by atoms with Gasteiger partial charge in [-0.05, 0) is 39.0 Å². The molecule has 134 valence electrons. The normalized spacial score (nSPS) is 17.7. The maximum absolute atomic E-state index is 5.62.